The van der Waals surface area contributed by atoms with Crippen molar-refractivity contribution in [2.45, 2.75) is 46.1 Å². The number of rotatable bonds is 5. The minimum atomic E-state index is 0.214. The molecular weight excluding hydrogens is 210 g/mol. The van der Waals surface area contributed by atoms with E-state index in [1.54, 1.807) is 0 Å². The molecule has 0 aliphatic heterocycles. The molecule has 0 radical (unpaired) electrons. The Labute approximate surface area is 104 Å². The van der Waals surface area contributed by atoms with E-state index >= 15 is 0 Å². The Kier molecular flexibility index (Phi) is 3.72. The van der Waals surface area contributed by atoms with Crippen molar-refractivity contribution in [3.8, 4) is 5.75 Å². The first kappa shape index (κ1) is 12.4. The van der Waals surface area contributed by atoms with E-state index in [1.165, 1.54) is 29.5 Å². The summed E-state index contributed by atoms with van der Waals surface area (Å²) in [7, 11) is 0. The van der Waals surface area contributed by atoms with E-state index in [0.29, 0.717) is 0 Å². The van der Waals surface area contributed by atoms with Crippen molar-refractivity contribution in [1.29, 1.82) is 0 Å². The largest absolute Gasteiger partial charge is 0.493 e. The van der Waals surface area contributed by atoms with Crippen LogP contribution in [0.4, 0.5) is 0 Å². The van der Waals surface area contributed by atoms with Crippen LogP contribution in [-0.4, -0.2) is 12.6 Å². The van der Waals surface area contributed by atoms with Gasteiger partial charge in [-0.25, -0.2) is 0 Å². The van der Waals surface area contributed by atoms with Crippen molar-refractivity contribution in [1.82, 2.24) is 0 Å². The first-order valence-electron chi connectivity index (χ1n) is 6.55. The number of ether oxygens (including phenoxy) is 1. The van der Waals surface area contributed by atoms with Crippen LogP contribution in [0.1, 0.15) is 36.5 Å². The fourth-order valence-electron chi connectivity index (χ4n) is 2.07. The van der Waals surface area contributed by atoms with E-state index in [0.717, 1.165) is 24.7 Å². The van der Waals surface area contributed by atoms with Gasteiger partial charge in [-0.15, -0.1) is 0 Å². The quantitative estimate of drug-likeness (QED) is 0.848. The Bertz CT molecular complexity index is 394. The minimum Gasteiger partial charge on any atom is -0.493 e. The Morgan fingerprint density at radius 1 is 1.29 bits per heavy atom. The van der Waals surface area contributed by atoms with Gasteiger partial charge < -0.3 is 10.5 Å². The summed E-state index contributed by atoms with van der Waals surface area (Å²) in [6.07, 6.45) is 3.61. The molecule has 2 N–H and O–H groups in total. The third-order valence-corrected chi connectivity index (χ3v) is 3.56. The second-order valence-corrected chi connectivity index (χ2v) is 5.41. The molecule has 1 saturated carbocycles. The van der Waals surface area contributed by atoms with Crippen LogP contribution in [0.2, 0.25) is 0 Å². The molecular formula is C15H23NO. The van der Waals surface area contributed by atoms with Gasteiger partial charge in [0.2, 0.25) is 0 Å². The van der Waals surface area contributed by atoms with Gasteiger partial charge in [-0.1, -0.05) is 6.07 Å². The first-order valence-corrected chi connectivity index (χ1v) is 6.55. The van der Waals surface area contributed by atoms with Gasteiger partial charge in [0.05, 0.1) is 6.61 Å². The number of hydrogen-bond donors (Lipinski definition) is 1. The van der Waals surface area contributed by atoms with Gasteiger partial charge in [0, 0.05) is 6.04 Å². The van der Waals surface area contributed by atoms with Gasteiger partial charge in [-0.2, -0.15) is 0 Å². The number of hydrogen-bond acceptors (Lipinski definition) is 2. The first-order chi connectivity index (χ1) is 8.08. The molecule has 1 aromatic rings. The fraction of sp³-hybridized carbons (Fsp3) is 0.600. The summed E-state index contributed by atoms with van der Waals surface area (Å²) >= 11 is 0. The molecule has 0 aromatic heterocycles. The Morgan fingerprint density at radius 2 is 2.00 bits per heavy atom. The third-order valence-electron chi connectivity index (χ3n) is 3.56. The lowest BCUT2D eigenvalue weighted by Crippen LogP contribution is -2.18. The molecule has 1 aromatic carbocycles. The summed E-state index contributed by atoms with van der Waals surface area (Å²) in [4.78, 5) is 0. The van der Waals surface area contributed by atoms with Gasteiger partial charge in [-0.3, -0.25) is 0 Å². The minimum absolute atomic E-state index is 0.214. The molecule has 2 rings (SSSR count). The highest BCUT2D eigenvalue weighted by atomic mass is 16.5. The predicted molar refractivity (Wildman–Crippen MR) is 71.5 cm³/mol. The van der Waals surface area contributed by atoms with Crippen LogP contribution in [0.25, 0.3) is 0 Å². The zero-order chi connectivity index (χ0) is 12.4. The maximum Gasteiger partial charge on any atom is 0.122 e. The van der Waals surface area contributed by atoms with E-state index in [1.807, 2.05) is 6.92 Å². The molecule has 0 amide bonds. The summed E-state index contributed by atoms with van der Waals surface area (Å²) in [6.45, 7) is 7.23. The highest BCUT2D eigenvalue weighted by Crippen LogP contribution is 2.31. The van der Waals surface area contributed by atoms with E-state index in [-0.39, 0.29) is 6.04 Å². The smallest absolute Gasteiger partial charge is 0.122 e. The molecule has 2 heteroatoms. The maximum absolute atomic E-state index is 5.87. The lowest BCUT2D eigenvalue weighted by atomic mass is 9.98. The summed E-state index contributed by atoms with van der Waals surface area (Å²) in [5.41, 5.74) is 9.80. The van der Waals surface area contributed by atoms with Crippen LogP contribution < -0.4 is 10.5 Å². The zero-order valence-corrected chi connectivity index (χ0v) is 11.1. The molecule has 0 bridgehead atoms. The van der Waals surface area contributed by atoms with Gasteiger partial charge in [-0.05, 0) is 68.7 Å². The summed E-state index contributed by atoms with van der Waals surface area (Å²) in [5, 5.41) is 0. The highest BCUT2D eigenvalue weighted by molar-refractivity contribution is 5.43. The van der Waals surface area contributed by atoms with Gasteiger partial charge >= 0.3 is 0 Å². The normalized spacial score (nSPS) is 16.9. The van der Waals surface area contributed by atoms with Crippen molar-refractivity contribution in [2.24, 2.45) is 11.7 Å². The van der Waals surface area contributed by atoms with Crippen LogP contribution in [0, 0.1) is 19.8 Å². The topological polar surface area (TPSA) is 35.2 Å². The zero-order valence-electron chi connectivity index (χ0n) is 11.1. The van der Waals surface area contributed by atoms with Crippen LogP contribution in [0.15, 0.2) is 12.1 Å². The van der Waals surface area contributed by atoms with Gasteiger partial charge in [0.25, 0.3) is 0 Å². The van der Waals surface area contributed by atoms with E-state index in [2.05, 4.69) is 26.0 Å². The van der Waals surface area contributed by atoms with Crippen molar-refractivity contribution in [2.75, 3.05) is 6.61 Å². The lowest BCUT2D eigenvalue weighted by Gasteiger charge is -2.15. The molecule has 1 aliphatic rings. The molecule has 1 aliphatic carbocycles. The standard InChI is InChI=1S/C15H23NO/c1-10(16)8-14-6-7-15(12(3)11(14)2)17-9-13-4-5-13/h6-7,10,13H,4-5,8-9,16H2,1-3H3. The van der Waals surface area contributed by atoms with E-state index in [9.17, 15) is 0 Å². The van der Waals surface area contributed by atoms with Crippen LogP contribution in [0.5, 0.6) is 5.75 Å². The average Bonchev–Trinajstić information content (AvgIpc) is 3.07. The summed E-state index contributed by atoms with van der Waals surface area (Å²) in [5.74, 6) is 1.85. The Balaban J connectivity index is 2.09. The summed E-state index contributed by atoms with van der Waals surface area (Å²) < 4.78 is 5.87. The lowest BCUT2D eigenvalue weighted by molar-refractivity contribution is 0.297. The predicted octanol–water partition coefficient (Wildman–Crippen LogP) is 2.98. The highest BCUT2D eigenvalue weighted by Gasteiger charge is 2.22. The third kappa shape index (κ3) is 3.22. The molecule has 1 atom stereocenters. The van der Waals surface area contributed by atoms with Crippen molar-refractivity contribution < 1.29 is 4.74 Å². The number of benzene rings is 1. The average molecular weight is 233 g/mol. The molecule has 94 valence electrons. The Hall–Kier alpha value is -1.02. The van der Waals surface area contributed by atoms with Crippen molar-refractivity contribution >= 4 is 0 Å². The van der Waals surface area contributed by atoms with Crippen LogP contribution in [0.3, 0.4) is 0 Å². The SMILES string of the molecule is Cc1c(CC(C)N)ccc(OCC2CC2)c1C. The number of nitrogens with two attached hydrogens (primary N) is 1. The molecule has 1 unspecified atom stereocenters. The molecule has 2 nitrogen and oxygen atoms in total. The fourth-order valence-corrected chi connectivity index (χ4v) is 2.07. The van der Waals surface area contributed by atoms with Crippen molar-refractivity contribution in [3.63, 3.8) is 0 Å². The van der Waals surface area contributed by atoms with E-state index in [4.69, 9.17) is 10.5 Å². The van der Waals surface area contributed by atoms with Gasteiger partial charge in [0.1, 0.15) is 5.75 Å². The Morgan fingerprint density at radius 3 is 2.59 bits per heavy atom. The van der Waals surface area contributed by atoms with E-state index < -0.39 is 0 Å². The second-order valence-electron chi connectivity index (χ2n) is 5.41. The molecule has 0 saturated heterocycles. The second kappa shape index (κ2) is 5.09. The van der Waals surface area contributed by atoms with Gasteiger partial charge in [0.15, 0.2) is 0 Å². The summed E-state index contributed by atoms with van der Waals surface area (Å²) in [6, 6.07) is 4.47. The van der Waals surface area contributed by atoms with Crippen molar-refractivity contribution in [3.05, 3.63) is 28.8 Å². The molecule has 0 spiro atoms. The molecule has 1 fully saturated rings. The monoisotopic (exact) mass is 233 g/mol. The molecule has 0 heterocycles. The molecule has 17 heavy (non-hydrogen) atoms. The maximum atomic E-state index is 5.87. The van der Waals surface area contributed by atoms with Crippen LogP contribution in [-0.2, 0) is 6.42 Å². The van der Waals surface area contributed by atoms with Crippen LogP contribution >= 0.6 is 0 Å².